The van der Waals surface area contributed by atoms with Gasteiger partial charge in [0.05, 0.1) is 10.6 Å². The summed E-state index contributed by atoms with van der Waals surface area (Å²) in [6.07, 6.45) is -2.89. The molecule has 1 nitrogen and oxygen atoms in total. The van der Waals surface area contributed by atoms with Crippen molar-refractivity contribution in [2.45, 2.75) is 26.2 Å². The quantitative estimate of drug-likeness (QED) is 0.712. The molecular formula is C13H11F4NS. The van der Waals surface area contributed by atoms with Crippen molar-refractivity contribution in [2.24, 2.45) is 0 Å². The number of rotatable bonds is 3. The Kier molecular flexibility index (Phi) is 3.89. The second-order valence-electron chi connectivity index (χ2n) is 4.37. The van der Waals surface area contributed by atoms with Crippen molar-refractivity contribution in [3.63, 3.8) is 0 Å². The van der Waals surface area contributed by atoms with Gasteiger partial charge in [-0.05, 0) is 12.1 Å². The lowest BCUT2D eigenvalue weighted by Gasteiger charge is -2.04. The lowest BCUT2D eigenvalue weighted by Crippen LogP contribution is -1.92. The normalized spacial score (nSPS) is 11.6. The van der Waals surface area contributed by atoms with Gasteiger partial charge in [-0.25, -0.2) is 18.2 Å². The summed E-state index contributed by atoms with van der Waals surface area (Å²) in [6, 6.07) is 3.11. The highest BCUT2D eigenvalue weighted by atomic mass is 32.1. The van der Waals surface area contributed by atoms with E-state index in [0.717, 1.165) is 23.5 Å². The zero-order valence-corrected chi connectivity index (χ0v) is 11.1. The van der Waals surface area contributed by atoms with E-state index in [9.17, 15) is 17.6 Å². The van der Waals surface area contributed by atoms with E-state index in [4.69, 9.17) is 0 Å². The van der Waals surface area contributed by atoms with E-state index >= 15 is 0 Å². The number of aromatic nitrogens is 1. The fourth-order valence-electron chi connectivity index (χ4n) is 1.59. The summed E-state index contributed by atoms with van der Waals surface area (Å²) in [7, 11) is 0. The number of thiazole rings is 1. The monoisotopic (exact) mass is 289 g/mol. The van der Waals surface area contributed by atoms with Crippen LogP contribution in [0.5, 0.6) is 0 Å². The minimum Gasteiger partial charge on any atom is -0.238 e. The van der Waals surface area contributed by atoms with Crippen molar-refractivity contribution in [1.82, 2.24) is 4.98 Å². The average Bonchev–Trinajstić information content (AvgIpc) is 2.71. The van der Waals surface area contributed by atoms with Crippen LogP contribution in [0.15, 0.2) is 18.2 Å². The molecule has 2 rings (SSSR count). The predicted octanol–water partition coefficient (Wildman–Crippen LogP) is 5.15. The van der Waals surface area contributed by atoms with Crippen LogP contribution in [0.25, 0.3) is 11.3 Å². The molecule has 0 aliphatic rings. The molecule has 1 aromatic carbocycles. The highest BCUT2D eigenvalue weighted by Gasteiger charge is 2.18. The van der Waals surface area contributed by atoms with Crippen LogP contribution >= 0.6 is 11.3 Å². The molecule has 19 heavy (non-hydrogen) atoms. The molecule has 0 saturated carbocycles. The Hall–Kier alpha value is -1.43. The minimum absolute atomic E-state index is 0.00779. The van der Waals surface area contributed by atoms with Gasteiger partial charge in [0.2, 0.25) is 5.13 Å². The summed E-state index contributed by atoms with van der Waals surface area (Å²) in [5.41, 5.74) is -0.514. The minimum atomic E-state index is -2.89. The van der Waals surface area contributed by atoms with Crippen LogP contribution in [0.2, 0.25) is 0 Å². The zero-order chi connectivity index (χ0) is 14.2. The third kappa shape index (κ3) is 2.78. The molecule has 0 saturated heterocycles. The molecule has 0 bridgehead atoms. The molecular weight excluding hydrogens is 278 g/mol. The first-order valence-electron chi connectivity index (χ1n) is 5.64. The first-order chi connectivity index (χ1) is 8.90. The van der Waals surface area contributed by atoms with Crippen molar-refractivity contribution in [2.75, 3.05) is 0 Å². The zero-order valence-electron chi connectivity index (χ0n) is 10.3. The van der Waals surface area contributed by atoms with Crippen LogP contribution in [-0.2, 0) is 0 Å². The molecule has 0 aliphatic carbocycles. The van der Waals surface area contributed by atoms with Crippen LogP contribution in [0, 0.1) is 10.9 Å². The molecule has 1 heterocycles. The smallest absolute Gasteiger partial charge is 0.238 e. The molecule has 0 N–H and O–H groups in total. The summed E-state index contributed by atoms with van der Waals surface area (Å²) in [6.45, 7) is 3.73. The predicted molar refractivity (Wildman–Crippen MR) is 66.5 cm³/mol. The van der Waals surface area contributed by atoms with Crippen molar-refractivity contribution in [3.8, 4) is 11.3 Å². The lowest BCUT2D eigenvalue weighted by atomic mass is 10.1. The summed E-state index contributed by atoms with van der Waals surface area (Å²) in [4.78, 5) is 4.08. The van der Waals surface area contributed by atoms with Crippen molar-refractivity contribution in [3.05, 3.63) is 39.7 Å². The summed E-state index contributed by atoms with van der Waals surface area (Å²) in [5, 5.41) is 0.0544. The largest absolute Gasteiger partial charge is 0.266 e. The molecule has 2 aromatic rings. The Morgan fingerprint density at radius 3 is 2.32 bits per heavy atom. The first kappa shape index (κ1) is 14.0. The van der Waals surface area contributed by atoms with E-state index in [0.29, 0.717) is 5.01 Å². The van der Waals surface area contributed by atoms with Gasteiger partial charge in [-0.3, -0.25) is 0 Å². The molecule has 0 radical (unpaired) electrons. The van der Waals surface area contributed by atoms with Gasteiger partial charge in [0.25, 0.3) is 6.43 Å². The molecule has 102 valence electrons. The van der Waals surface area contributed by atoms with Gasteiger partial charge in [0.15, 0.2) is 0 Å². The number of benzene rings is 1. The van der Waals surface area contributed by atoms with Gasteiger partial charge in [-0.1, -0.05) is 31.3 Å². The van der Waals surface area contributed by atoms with E-state index in [1.165, 1.54) is 6.07 Å². The Bertz CT molecular complexity index is 592. The molecule has 0 unspecified atom stereocenters. The third-order valence-electron chi connectivity index (χ3n) is 2.61. The van der Waals surface area contributed by atoms with E-state index in [1.54, 1.807) is 0 Å². The van der Waals surface area contributed by atoms with E-state index in [2.05, 4.69) is 4.98 Å². The number of hydrogen-bond acceptors (Lipinski definition) is 2. The maximum atomic E-state index is 13.7. The molecule has 6 heteroatoms. The Morgan fingerprint density at radius 1 is 1.16 bits per heavy atom. The van der Waals surface area contributed by atoms with Gasteiger partial charge in [0, 0.05) is 11.5 Å². The van der Waals surface area contributed by atoms with Gasteiger partial charge in [-0.2, -0.15) is 4.39 Å². The molecule has 0 spiro atoms. The average molecular weight is 289 g/mol. The lowest BCUT2D eigenvalue weighted by molar-refractivity contribution is 0.146. The van der Waals surface area contributed by atoms with Gasteiger partial charge in [-0.15, -0.1) is 0 Å². The highest BCUT2D eigenvalue weighted by Crippen LogP contribution is 2.32. The summed E-state index contributed by atoms with van der Waals surface area (Å²) >= 11 is 0.885. The van der Waals surface area contributed by atoms with Crippen LogP contribution < -0.4 is 0 Å². The molecule has 0 atom stereocenters. The number of hydrogen-bond donors (Lipinski definition) is 0. The molecule has 0 aliphatic heterocycles. The van der Waals surface area contributed by atoms with Gasteiger partial charge in [0.1, 0.15) is 11.5 Å². The second-order valence-corrected chi connectivity index (χ2v) is 5.35. The number of halogens is 4. The number of alkyl halides is 2. The van der Waals surface area contributed by atoms with E-state index < -0.39 is 22.9 Å². The highest BCUT2D eigenvalue weighted by molar-refractivity contribution is 7.10. The van der Waals surface area contributed by atoms with Crippen LogP contribution in [0.3, 0.4) is 0 Å². The first-order valence-corrected chi connectivity index (χ1v) is 6.46. The van der Waals surface area contributed by atoms with Gasteiger partial charge >= 0.3 is 0 Å². The van der Waals surface area contributed by atoms with E-state index in [-0.39, 0.29) is 17.2 Å². The SMILES string of the molecule is CC(C)c1nc(-c2ccc(C(F)F)c(F)c2)c(F)s1. The summed E-state index contributed by atoms with van der Waals surface area (Å²) in [5.74, 6) is -0.996. The fraction of sp³-hybridized carbons (Fsp3) is 0.308. The third-order valence-corrected chi connectivity index (χ3v) is 3.75. The fourth-order valence-corrected chi connectivity index (χ4v) is 2.41. The second kappa shape index (κ2) is 5.28. The Labute approximate surface area is 111 Å². The van der Waals surface area contributed by atoms with Crippen molar-refractivity contribution in [1.29, 1.82) is 0 Å². The molecule has 0 amide bonds. The van der Waals surface area contributed by atoms with Crippen LogP contribution in [0.1, 0.15) is 36.8 Å². The topological polar surface area (TPSA) is 12.9 Å². The van der Waals surface area contributed by atoms with E-state index in [1.807, 2.05) is 13.8 Å². The maximum absolute atomic E-state index is 13.7. The van der Waals surface area contributed by atoms with Crippen molar-refractivity contribution >= 4 is 11.3 Å². The standard InChI is InChI=1S/C13H11F4NS/c1-6(2)13-18-10(12(17)19-13)7-3-4-8(11(15)16)9(14)5-7/h3-6,11H,1-2H3. The maximum Gasteiger partial charge on any atom is 0.266 e. The molecule has 1 aromatic heterocycles. The van der Waals surface area contributed by atoms with Crippen molar-refractivity contribution < 1.29 is 17.6 Å². The number of nitrogens with zero attached hydrogens (tertiary/aromatic N) is 1. The molecule has 0 fully saturated rings. The summed E-state index contributed by atoms with van der Waals surface area (Å²) < 4.78 is 52.0. The van der Waals surface area contributed by atoms with Gasteiger partial charge < -0.3 is 0 Å². The van der Waals surface area contributed by atoms with Crippen LogP contribution in [0.4, 0.5) is 17.6 Å². The Morgan fingerprint density at radius 2 is 1.84 bits per heavy atom. The Balaban J connectivity index is 2.45. The van der Waals surface area contributed by atoms with Crippen LogP contribution in [-0.4, -0.2) is 4.98 Å².